The number of piperidine rings is 1. The summed E-state index contributed by atoms with van der Waals surface area (Å²) in [4.78, 5) is 24.7. The van der Waals surface area contributed by atoms with E-state index in [0.717, 1.165) is 31.5 Å². The fourth-order valence-electron chi connectivity index (χ4n) is 2.32. The van der Waals surface area contributed by atoms with E-state index >= 15 is 0 Å². The Labute approximate surface area is 130 Å². The van der Waals surface area contributed by atoms with Crippen molar-refractivity contribution in [1.29, 1.82) is 0 Å². The third-order valence-electron chi connectivity index (χ3n) is 3.36. The van der Waals surface area contributed by atoms with Crippen LogP contribution < -0.4 is 10.2 Å². The van der Waals surface area contributed by atoms with Gasteiger partial charge in [-0.3, -0.25) is 14.5 Å². The first-order chi connectivity index (χ1) is 10.6. The van der Waals surface area contributed by atoms with Crippen LogP contribution in [0.5, 0.6) is 5.75 Å². The molecule has 22 heavy (non-hydrogen) atoms. The maximum Gasteiger partial charge on any atom is 0.308 e. The average Bonchev–Trinajstić information content (AvgIpc) is 2.49. The third-order valence-corrected chi connectivity index (χ3v) is 3.36. The number of ether oxygens (including phenoxy) is 1. The van der Waals surface area contributed by atoms with Crippen molar-refractivity contribution >= 4 is 18.1 Å². The van der Waals surface area contributed by atoms with Gasteiger partial charge in [0, 0.05) is 6.92 Å². The van der Waals surface area contributed by atoms with Crippen molar-refractivity contribution in [2.75, 3.05) is 19.6 Å². The third kappa shape index (κ3) is 5.65. The zero-order valence-corrected chi connectivity index (χ0v) is 12.7. The van der Waals surface area contributed by atoms with Gasteiger partial charge in [0.25, 0.3) is 5.91 Å². The van der Waals surface area contributed by atoms with Crippen molar-refractivity contribution in [1.82, 2.24) is 10.3 Å². The topological polar surface area (TPSA) is 71.0 Å². The monoisotopic (exact) mass is 303 g/mol. The molecule has 0 radical (unpaired) electrons. The second kappa shape index (κ2) is 8.29. The Morgan fingerprint density at radius 3 is 2.55 bits per heavy atom. The number of benzene rings is 1. The van der Waals surface area contributed by atoms with Crippen LogP contribution in [-0.4, -0.2) is 42.6 Å². The molecule has 1 amide bonds. The molecule has 0 aromatic heterocycles. The Bertz CT molecular complexity index is 534. The van der Waals surface area contributed by atoms with Gasteiger partial charge in [-0.25, -0.2) is 5.43 Å². The largest absolute Gasteiger partial charge is 0.427 e. The predicted octanol–water partition coefficient (Wildman–Crippen LogP) is 1.55. The smallest absolute Gasteiger partial charge is 0.308 e. The highest BCUT2D eigenvalue weighted by molar-refractivity contribution is 5.83. The Morgan fingerprint density at radius 2 is 1.91 bits per heavy atom. The van der Waals surface area contributed by atoms with E-state index in [-0.39, 0.29) is 11.9 Å². The van der Waals surface area contributed by atoms with E-state index in [2.05, 4.69) is 15.4 Å². The molecule has 0 saturated carbocycles. The lowest BCUT2D eigenvalue weighted by Crippen LogP contribution is -2.38. The number of hydrogen-bond acceptors (Lipinski definition) is 5. The molecule has 1 saturated heterocycles. The molecule has 0 aliphatic carbocycles. The lowest BCUT2D eigenvalue weighted by molar-refractivity contribution is -0.131. The number of carbonyl (C=O) groups excluding carboxylic acids is 2. The highest BCUT2D eigenvalue weighted by Crippen LogP contribution is 2.11. The van der Waals surface area contributed by atoms with E-state index in [4.69, 9.17) is 4.74 Å². The summed E-state index contributed by atoms with van der Waals surface area (Å²) in [5.41, 5.74) is 3.34. The predicted molar refractivity (Wildman–Crippen MR) is 83.8 cm³/mol. The highest BCUT2D eigenvalue weighted by atomic mass is 16.5. The van der Waals surface area contributed by atoms with Gasteiger partial charge in [-0.2, -0.15) is 5.10 Å². The number of carbonyl (C=O) groups is 2. The van der Waals surface area contributed by atoms with Gasteiger partial charge in [0.1, 0.15) is 5.75 Å². The van der Waals surface area contributed by atoms with Gasteiger partial charge in [-0.15, -0.1) is 0 Å². The van der Waals surface area contributed by atoms with Crippen LogP contribution >= 0.6 is 0 Å². The van der Waals surface area contributed by atoms with Gasteiger partial charge < -0.3 is 4.74 Å². The average molecular weight is 303 g/mol. The number of rotatable bonds is 5. The number of esters is 1. The summed E-state index contributed by atoms with van der Waals surface area (Å²) in [6.45, 7) is 3.71. The van der Waals surface area contributed by atoms with Crippen molar-refractivity contribution in [2.45, 2.75) is 26.2 Å². The summed E-state index contributed by atoms with van der Waals surface area (Å²) in [6.07, 6.45) is 5.13. The summed E-state index contributed by atoms with van der Waals surface area (Å²) in [6, 6.07) is 6.88. The van der Waals surface area contributed by atoms with Crippen molar-refractivity contribution in [3.05, 3.63) is 29.8 Å². The molecule has 1 aliphatic heterocycles. The maximum absolute atomic E-state index is 11.8. The van der Waals surface area contributed by atoms with Crippen LogP contribution in [0.4, 0.5) is 0 Å². The second-order valence-corrected chi connectivity index (χ2v) is 5.29. The molecular weight excluding hydrogens is 282 g/mol. The molecule has 1 aromatic carbocycles. The highest BCUT2D eigenvalue weighted by Gasteiger charge is 2.12. The second-order valence-electron chi connectivity index (χ2n) is 5.29. The summed E-state index contributed by atoms with van der Waals surface area (Å²) in [5.74, 6) is 0.0276. The van der Waals surface area contributed by atoms with Crippen LogP contribution in [0.1, 0.15) is 31.7 Å². The quantitative estimate of drug-likeness (QED) is 0.388. The zero-order chi connectivity index (χ0) is 15.8. The summed E-state index contributed by atoms with van der Waals surface area (Å²) >= 11 is 0. The van der Waals surface area contributed by atoms with Crippen molar-refractivity contribution < 1.29 is 14.3 Å². The molecular formula is C16H21N3O3. The van der Waals surface area contributed by atoms with E-state index < -0.39 is 0 Å². The molecule has 6 nitrogen and oxygen atoms in total. The van der Waals surface area contributed by atoms with Gasteiger partial charge in [-0.05, 0) is 55.8 Å². The van der Waals surface area contributed by atoms with E-state index in [1.807, 2.05) is 0 Å². The number of hydrazone groups is 1. The molecule has 1 N–H and O–H groups in total. The van der Waals surface area contributed by atoms with E-state index in [0.29, 0.717) is 12.3 Å². The Kier molecular flexibility index (Phi) is 6.09. The fraction of sp³-hybridized carbons (Fsp3) is 0.438. The standard InChI is InChI=1S/C16H21N3O3/c1-13(20)22-15-7-5-14(6-8-15)11-17-18-16(21)12-19-9-3-2-4-10-19/h5-8,11H,2-4,9-10,12H2,1H3,(H,18,21)/b17-11-. The summed E-state index contributed by atoms with van der Waals surface area (Å²) < 4.78 is 4.94. The molecule has 1 heterocycles. The van der Waals surface area contributed by atoms with Crippen molar-refractivity contribution in [2.24, 2.45) is 5.10 Å². The first-order valence-corrected chi connectivity index (χ1v) is 7.46. The van der Waals surface area contributed by atoms with Gasteiger partial charge in [0.2, 0.25) is 0 Å². The summed E-state index contributed by atoms with van der Waals surface area (Å²) in [5, 5.41) is 3.94. The van der Waals surface area contributed by atoms with Crippen LogP contribution in [0.2, 0.25) is 0 Å². The Morgan fingerprint density at radius 1 is 1.23 bits per heavy atom. The summed E-state index contributed by atoms with van der Waals surface area (Å²) in [7, 11) is 0. The normalized spacial score (nSPS) is 15.7. The van der Waals surface area contributed by atoms with Crippen LogP contribution in [-0.2, 0) is 9.59 Å². The van der Waals surface area contributed by atoms with Crippen molar-refractivity contribution in [3.8, 4) is 5.75 Å². The molecule has 6 heteroatoms. The zero-order valence-electron chi connectivity index (χ0n) is 12.7. The minimum absolute atomic E-state index is 0.102. The van der Waals surface area contributed by atoms with Gasteiger partial charge >= 0.3 is 5.97 Å². The number of hydrogen-bond donors (Lipinski definition) is 1. The molecule has 1 fully saturated rings. The molecule has 1 aliphatic rings. The van der Waals surface area contributed by atoms with Crippen LogP contribution in [0, 0.1) is 0 Å². The van der Waals surface area contributed by atoms with Gasteiger partial charge in [0.05, 0.1) is 12.8 Å². The van der Waals surface area contributed by atoms with Crippen molar-refractivity contribution in [3.63, 3.8) is 0 Å². The van der Waals surface area contributed by atoms with E-state index in [9.17, 15) is 9.59 Å². The van der Waals surface area contributed by atoms with Gasteiger partial charge in [-0.1, -0.05) is 6.42 Å². The fourth-order valence-corrected chi connectivity index (χ4v) is 2.32. The van der Waals surface area contributed by atoms with E-state index in [1.54, 1.807) is 30.5 Å². The van der Waals surface area contributed by atoms with E-state index in [1.165, 1.54) is 13.3 Å². The van der Waals surface area contributed by atoms with Gasteiger partial charge in [0.15, 0.2) is 0 Å². The first-order valence-electron chi connectivity index (χ1n) is 7.46. The molecule has 1 aromatic rings. The SMILES string of the molecule is CC(=O)Oc1ccc(/C=N\NC(=O)CN2CCCCC2)cc1. The minimum atomic E-state index is -0.355. The lowest BCUT2D eigenvalue weighted by Gasteiger charge is -2.25. The minimum Gasteiger partial charge on any atom is -0.427 e. The van der Waals surface area contributed by atoms with Crippen LogP contribution in [0.25, 0.3) is 0 Å². The molecule has 0 atom stereocenters. The number of nitrogens with zero attached hydrogens (tertiary/aromatic N) is 2. The molecule has 0 bridgehead atoms. The lowest BCUT2D eigenvalue weighted by atomic mass is 10.1. The number of likely N-dealkylation sites (tertiary alicyclic amines) is 1. The Hall–Kier alpha value is -2.21. The van der Waals surface area contributed by atoms with Crippen LogP contribution in [0.3, 0.4) is 0 Å². The molecule has 118 valence electrons. The number of nitrogens with one attached hydrogen (secondary N) is 1. The van der Waals surface area contributed by atoms with Crippen LogP contribution in [0.15, 0.2) is 29.4 Å². The Balaban J connectivity index is 1.76. The molecule has 0 spiro atoms. The molecule has 0 unspecified atom stereocenters. The first kappa shape index (κ1) is 16.2. The maximum atomic E-state index is 11.8. The molecule has 2 rings (SSSR count). The number of amides is 1.